The first-order valence-corrected chi connectivity index (χ1v) is 10.0. The Labute approximate surface area is 164 Å². The third-order valence-electron chi connectivity index (χ3n) is 3.66. The first-order chi connectivity index (χ1) is 13.3. The summed E-state index contributed by atoms with van der Waals surface area (Å²) in [5.41, 5.74) is -0.0439. The number of nitrogens with zero attached hydrogens (tertiary/aromatic N) is 5. The lowest BCUT2D eigenvalue weighted by molar-refractivity contribution is 0.403. The number of benzene rings is 2. The Morgan fingerprint density at radius 1 is 1.14 bits per heavy atom. The second-order valence-corrected chi connectivity index (χ2v) is 7.92. The van der Waals surface area contributed by atoms with Crippen LogP contribution in [0.4, 0.5) is 11.4 Å². The van der Waals surface area contributed by atoms with E-state index in [1.165, 1.54) is 31.5 Å². The van der Waals surface area contributed by atoms with Crippen LogP contribution in [-0.2, 0) is 9.05 Å². The molecule has 0 saturated heterocycles. The molecular weight excluding hydrogens is 406 g/mol. The molecule has 0 aliphatic heterocycles. The van der Waals surface area contributed by atoms with Gasteiger partial charge in [-0.05, 0) is 30.3 Å². The van der Waals surface area contributed by atoms with Gasteiger partial charge < -0.3 is 4.74 Å². The lowest BCUT2D eigenvalue weighted by Gasteiger charge is -2.05. The Morgan fingerprint density at radius 2 is 1.86 bits per heavy atom. The molecule has 0 saturated carbocycles. The van der Waals surface area contributed by atoms with Crippen LogP contribution in [0.3, 0.4) is 0 Å². The monoisotopic (exact) mass is 417 g/mol. The molecule has 0 radical (unpaired) electrons. The van der Waals surface area contributed by atoms with Gasteiger partial charge in [-0.15, -0.1) is 5.11 Å². The van der Waals surface area contributed by atoms with Gasteiger partial charge in [0.05, 0.1) is 24.7 Å². The van der Waals surface area contributed by atoms with Crippen molar-refractivity contribution in [1.29, 1.82) is 5.26 Å². The number of azo groups is 1. The van der Waals surface area contributed by atoms with Crippen LogP contribution < -0.4 is 10.3 Å². The van der Waals surface area contributed by atoms with Crippen molar-refractivity contribution in [2.24, 2.45) is 10.2 Å². The van der Waals surface area contributed by atoms with Crippen LogP contribution in [0.15, 0.2) is 74.6 Å². The molecule has 0 unspecified atom stereocenters. The van der Waals surface area contributed by atoms with E-state index in [-0.39, 0.29) is 22.0 Å². The maximum absolute atomic E-state index is 12.6. The molecule has 9 nitrogen and oxygen atoms in total. The van der Waals surface area contributed by atoms with Crippen LogP contribution in [-0.4, -0.2) is 24.9 Å². The molecule has 1 aromatic heterocycles. The van der Waals surface area contributed by atoms with Crippen molar-refractivity contribution in [3.63, 3.8) is 0 Å². The van der Waals surface area contributed by atoms with Gasteiger partial charge in [-0.2, -0.15) is 15.1 Å². The maximum atomic E-state index is 12.6. The molecule has 11 heteroatoms. The Balaban J connectivity index is 2.04. The Bertz CT molecular complexity index is 1260. The van der Waals surface area contributed by atoms with E-state index in [0.717, 1.165) is 9.36 Å². The van der Waals surface area contributed by atoms with Crippen molar-refractivity contribution in [2.75, 3.05) is 7.11 Å². The van der Waals surface area contributed by atoms with Crippen molar-refractivity contribution in [2.45, 2.75) is 4.90 Å². The van der Waals surface area contributed by atoms with Crippen molar-refractivity contribution < 1.29 is 13.2 Å². The number of rotatable bonds is 5. The van der Waals surface area contributed by atoms with E-state index < -0.39 is 14.6 Å². The van der Waals surface area contributed by atoms with Crippen LogP contribution >= 0.6 is 10.7 Å². The van der Waals surface area contributed by atoms with E-state index in [2.05, 4.69) is 10.2 Å². The molecule has 0 N–H and O–H groups in total. The highest BCUT2D eigenvalue weighted by Gasteiger charge is 2.18. The predicted molar refractivity (Wildman–Crippen MR) is 101 cm³/mol. The molecule has 3 aromatic rings. The summed E-state index contributed by atoms with van der Waals surface area (Å²) in [5.74, 6) is 0.0519. The summed E-state index contributed by atoms with van der Waals surface area (Å²) in [5, 5.41) is 17.0. The van der Waals surface area contributed by atoms with Crippen LogP contribution in [0.5, 0.6) is 5.75 Å². The normalized spacial score (nSPS) is 11.5. The molecule has 2 aromatic carbocycles. The van der Waals surface area contributed by atoms with E-state index in [1.54, 1.807) is 30.3 Å². The lowest BCUT2D eigenvalue weighted by atomic mass is 10.3. The largest absolute Gasteiger partial charge is 0.495 e. The van der Waals surface area contributed by atoms with Gasteiger partial charge in [0.2, 0.25) is 6.19 Å². The minimum Gasteiger partial charge on any atom is -0.495 e. The minimum atomic E-state index is -4.07. The lowest BCUT2D eigenvalue weighted by Crippen LogP contribution is -2.18. The summed E-state index contributed by atoms with van der Waals surface area (Å²) in [6, 6.07) is 12.5. The summed E-state index contributed by atoms with van der Waals surface area (Å²) < 4.78 is 30.4. The zero-order chi connectivity index (χ0) is 20.3. The Morgan fingerprint density at radius 3 is 2.46 bits per heavy atom. The van der Waals surface area contributed by atoms with E-state index in [1.807, 2.05) is 6.19 Å². The second-order valence-electron chi connectivity index (χ2n) is 5.38. The van der Waals surface area contributed by atoms with E-state index >= 15 is 0 Å². The molecule has 28 heavy (non-hydrogen) atoms. The van der Waals surface area contributed by atoms with Crippen molar-refractivity contribution in [1.82, 2.24) is 9.36 Å². The molecule has 0 atom stereocenters. The second kappa shape index (κ2) is 7.67. The molecule has 0 amide bonds. The summed E-state index contributed by atoms with van der Waals surface area (Å²) >= 11 is 0. The smallest absolute Gasteiger partial charge is 0.300 e. The van der Waals surface area contributed by atoms with Crippen molar-refractivity contribution >= 4 is 31.1 Å². The molecule has 0 fully saturated rings. The van der Waals surface area contributed by atoms with E-state index in [9.17, 15) is 18.5 Å². The fraction of sp³-hybridized carbons (Fsp3) is 0.0588. The highest BCUT2D eigenvalue weighted by Crippen LogP contribution is 2.31. The van der Waals surface area contributed by atoms with Gasteiger partial charge in [0, 0.05) is 10.7 Å². The number of hydrogen-bond donors (Lipinski definition) is 0. The van der Waals surface area contributed by atoms with E-state index in [4.69, 9.17) is 15.4 Å². The van der Waals surface area contributed by atoms with Crippen molar-refractivity contribution in [3.8, 4) is 17.6 Å². The Kier molecular flexibility index (Phi) is 5.30. The number of methoxy groups -OCH3 is 1. The Hall–Kier alpha value is -3.42. The SMILES string of the molecule is COc1ccc(/N=N/c2cn(C#N)n(-c3ccccc3)c2=O)cc1S(=O)(=O)Cl. The van der Waals surface area contributed by atoms with Gasteiger partial charge in [0.25, 0.3) is 14.6 Å². The quantitative estimate of drug-likeness (QED) is 0.466. The molecule has 142 valence electrons. The standard InChI is InChI=1S/C17H12ClN5O4S/c1-27-15-8-7-12(9-16(15)28(18,25)26)20-21-14-10-22(11-19)23(17(14)24)13-5-3-2-4-6-13/h2-10H,1H3/b21-20+. The number of aromatic nitrogens is 2. The van der Waals surface area contributed by atoms with Gasteiger partial charge in [0.1, 0.15) is 10.6 Å². The molecule has 3 rings (SSSR count). The highest BCUT2D eigenvalue weighted by molar-refractivity contribution is 8.13. The summed E-state index contributed by atoms with van der Waals surface area (Å²) in [7, 11) is 2.63. The molecule has 0 aliphatic carbocycles. The number of para-hydroxylation sites is 1. The van der Waals surface area contributed by atoms with Gasteiger partial charge in [0.15, 0.2) is 5.69 Å². The fourth-order valence-corrected chi connectivity index (χ4v) is 3.43. The molecule has 1 heterocycles. The van der Waals surface area contributed by atoms with Crippen LogP contribution in [0.25, 0.3) is 5.69 Å². The zero-order valence-electron chi connectivity index (χ0n) is 14.4. The van der Waals surface area contributed by atoms with Crippen molar-refractivity contribution in [3.05, 3.63) is 65.1 Å². The third-order valence-corrected chi connectivity index (χ3v) is 5.00. The first kappa shape index (κ1) is 19.3. The topological polar surface area (TPSA) is 119 Å². The average Bonchev–Trinajstić information content (AvgIpc) is 3.01. The van der Waals surface area contributed by atoms with Gasteiger partial charge in [-0.3, -0.25) is 4.79 Å². The van der Waals surface area contributed by atoms with Crippen LogP contribution in [0.2, 0.25) is 0 Å². The molecular formula is C17H12ClN5O4S. The molecule has 0 bridgehead atoms. The number of ether oxygens (including phenoxy) is 1. The summed E-state index contributed by atoms with van der Waals surface area (Å²) in [6.45, 7) is 0. The minimum absolute atomic E-state index is 0.0519. The number of halogens is 1. The number of hydrogen-bond acceptors (Lipinski definition) is 7. The van der Waals surface area contributed by atoms with Crippen LogP contribution in [0.1, 0.15) is 0 Å². The summed E-state index contributed by atoms with van der Waals surface area (Å²) in [4.78, 5) is 12.3. The first-order valence-electron chi connectivity index (χ1n) is 7.70. The third kappa shape index (κ3) is 3.80. The average molecular weight is 418 g/mol. The number of nitriles is 1. The fourth-order valence-electron chi connectivity index (χ4n) is 2.42. The van der Waals surface area contributed by atoms with Gasteiger partial charge in [-0.25, -0.2) is 13.1 Å². The highest BCUT2D eigenvalue weighted by atomic mass is 35.7. The molecule has 0 aliphatic rings. The maximum Gasteiger partial charge on any atom is 0.300 e. The van der Waals surface area contributed by atoms with Crippen LogP contribution in [0, 0.1) is 11.5 Å². The van der Waals surface area contributed by atoms with Gasteiger partial charge in [-0.1, -0.05) is 18.2 Å². The zero-order valence-corrected chi connectivity index (χ0v) is 15.9. The molecule has 0 spiro atoms. The predicted octanol–water partition coefficient (Wildman–Crippen LogP) is 3.32. The van der Waals surface area contributed by atoms with E-state index in [0.29, 0.717) is 5.69 Å². The summed E-state index contributed by atoms with van der Waals surface area (Å²) in [6.07, 6.45) is 3.09. The van der Waals surface area contributed by atoms with Gasteiger partial charge >= 0.3 is 0 Å².